The van der Waals surface area contributed by atoms with Gasteiger partial charge in [0.05, 0.1) is 11.1 Å². The molecule has 30 heavy (non-hydrogen) atoms. The number of likely N-dealkylation sites (tertiary alicyclic amines) is 1. The molecule has 1 aromatic heterocycles. The van der Waals surface area contributed by atoms with Crippen LogP contribution in [-0.4, -0.2) is 34.8 Å². The molecule has 2 heterocycles. The Morgan fingerprint density at radius 2 is 1.67 bits per heavy atom. The highest BCUT2D eigenvalue weighted by molar-refractivity contribution is 6.06. The fraction of sp³-hybridized carbons (Fsp3) is 0.320. The van der Waals surface area contributed by atoms with Crippen molar-refractivity contribution < 1.29 is 9.59 Å². The van der Waals surface area contributed by atoms with Gasteiger partial charge in [-0.1, -0.05) is 50.2 Å². The quantitative estimate of drug-likeness (QED) is 0.680. The maximum atomic E-state index is 13.4. The van der Waals surface area contributed by atoms with E-state index in [1.54, 1.807) is 0 Å². The molecule has 2 amide bonds. The van der Waals surface area contributed by atoms with Crippen molar-refractivity contribution in [3.05, 3.63) is 71.9 Å². The van der Waals surface area contributed by atoms with Crippen molar-refractivity contribution in [3.63, 3.8) is 0 Å². The molecule has 1 saturated heterocycles. The number of carbonyl (C=O) groups is 2. The van der Waals surface area contributed by atoms with Gasteiger partial charge in [0, 0.05) is 35.8 Å². The van der Waals surface area contributed by atoms with E-state index in [9.17, 15) is 9.59 Å². The average molecular weight is 402 g/mol. The Morgan fingerprint density at radius 1 is 1.00 bits per heavy atom. The topological polar surface area (TPSA) is 62.3 Å². The van der Waals surface area contributed by atoms with Gasteiger partial charge in [-0.15, -0.1) is 0 Å². The molecule has 0 radical (unpaired) electrons. The number of carbonyl (C=O) groups excluding carboxylic acids is 2. The first-order valence-electron chi connectivity index (χ1n) is 10.6. The molecule has 1 aliphatic heterocycles. The first kappa shape index (κ1) is 20.1. The van der Waals surface area contributed by atoms with E-state index in [4.69, 9.17) is 4.98 Å². The van der Waals surface area contributed by atoms with Gasteiger partial charge in [-0.2, -0.15) is 0 Å². The van der Waals surface area contributed by atoms with E-state index in [0.29, 0.717) is 31.5 Å². The van der Waals surface area contributed by atoms with Crippen LogP contribution < -0.4 is 5.32 Å². The fourth-order valence-corrected chi connectivity index (χ4v) is 3.95. The zero-order chi connectivity index (χ0) is 21.1. The predicted octanol–water partition coefficient (Wildman–Crippen LogP) is 4.85. The van der Waals surface area contributed by atoms with Gasteiger partial charge in [0.1, 0.15) is 0 Å². The van der Waals surface area contributed by atoms with Gasteiger partial charge in [0.2, 0.25) is 5.91 Å². The minimum atomic E-state index is -0.0744. The Bertz CT molecular complexity index is 1050. The molecule has 0 unspecified atom stereocenters. The second-order valence-corrected chi connectivity index (χ2v) is 8.19. The van der Waals surface area contributed by atoms with Crippen LogP contribution in [0.5, 0.6) is 0 Å². The number of para-hydroxylation sites is 2. The Labute approximate surface area is 177 Å². The lowest BCUT2D eigenvalue weighted by Crippen LogP contribution is -2.41. The molecule has 1 fully saturated rings. The molecule has 1 N–H and O–H groups in total. The fourth-order valence-electron chi connectivity index (χ4n) is 3.95. The summed E-state index contributed by atoms with van der Waals surface area (Å²) in [5, 5.41) is 3.87. The first-order chi connectivity index (χ1) is 14.5. The summed E-state index contributed by atoms with van der Waals surface area (Å²) in [7, 11) is 0. The molecule has 1 aliphatic rings. The largest absolute Gasteiger partial charge is 0.339 e. The van der Waals surface area contributed by atoms with Crippen LogP contribution in [0, 0.1) is 5.92 Å². The highest BCUT2D eigenvalue weighted by Crippen LogP contribution is 2.26. The number of nitrogens with one attached hydrogen (secondary N) is 1. The third kappa shape index (κ3) is 4.20. The molecule has 0 saturated carbocycles. The van der Waals surface area contributed by atoms with Crippen molar-refractivity contribution in [2.24, 2.45) is 5.92 Å². The third-order valence-electron chi connectivity index (χ3n) is 5.75. The number of hydrogen-bond donors (Lipinski definition) is 1. The predicted molar refractivity (Wildman–Crippen MR) is 120 cm³/mol. The van der Waals surface area contributed by atoms with Crippen molar-refractivity contribution in [2.45, 2.75) is 32.6 Å². The number of anilines is 1. The minimum Gasteiger partial charge on any atom is -0.339 e. The number of nitrogens with zero attached hydrogens (tertiary/aromatic N) is 2. The third-order valence-corrected chi connectivity index (χ3v) is 5.75. The van der Waals surface area contributed by atoms with E-state index < -0.39 is 0 Å². The molecular formula is C25H27N3O2. The van der Waals surface area contributed by atoms with Crippen LogP contribution in [0.4, 0.5) is 5.69 Å². The second-order valence-electron chi connectivity index (χ2n) is 8.19. The maximum Gasteiger partial charge on any atom is 0.254 e. The van der Waals surface area contributed by atoms with Crippen LogP contribution in [0.2, 0.25) is 0 Å². The lowest BCUT2D eigenvalue weighted by atomic mass is 9.94. The number of piperidine rings is 1. The van der Waals surface area contributed by atoms with Crippen LogP contribution in [0.25, 0.3) is 10.9 Å². The molecule has 5 nitrogen and oxygen atoms in total. The SMILES string of the molecule is CC(C)c1cc(C(=O)N2CCC(C(=O)Nc3ccccc3)CC2)c2ccccc2n1. The van der Waals surface area contributed by atoms with Crippen LogP contribution in [0.15, 0.2) is 60.7 Å². The zero-order valence-electron chi connectivity index (χ0n) is 17.5. The van der Waals surface area contributed by atoms with Gasteiger partial charge in [0.25, 0.3) is 5.91 Å². The molecule has 2 aromatic carbocycles. The summed E-state index contributed by atoms with van der Waals surface area (Å²) < 4.78 is 0. The van der Waals surface area contributed by atoms with Gasteiger partial charge in [-0.3, -0.25) is 14.6 Å². The smallest absolute Gasteiger partial charge is 0.254 e. The van der Waals surface area contributed by atoms with E-state index in [2.05, 4.69) is 19.2 Å². The molecular weight excluding hydrogens is 374 g/mol. The average Bonchev–Trinajstić information content (AvgIpc) is 2.78. The number of rotatable bonds is 4. The Morgan fingerprint density at radius 3 is 2.37 bits per heavy atom. The highest BCUT2D eigenvalue weighted by Gasteiger charge is 2.29. The van der Waals surface area contributed by atoms with Gasteiger partial charge >= 0.3 is 0 Å². The zero-order valence-corrected chi connectivity index (χ0v) is 17.5. The van der Waals surface area contributed by atoms with Crippen molar-refractivity contribution in [3.8, 4) is 0 Å². The van der Waals surface area contributed by atoms with E-state index in [1.165, 1.54) is 0 Å². The van der Waals surface area contributed by atoms with E-state index in [-0.39, 0.29) is 23.7 Å². The minimum absolute atomic E-state index is 0.0254. The van der Waals surface area contributed by atoms with Gasteiger partial charge in [-0.05, 0) is 43.0 Å². The summed E-state index contributed by atoms with van der Waals surface area (Å²) in [4.78, 5) is 32.5. The van der Waals surface area contributed by atoms with Crippen molar-refractivity contribution in [1.29, 1.82) is 0 Å². The molecule has 3 aromatic rings. The van der Waals surface area contributed by atoms with Gasteiger partial charge in [0.15, 0.2) is 0 Å². The molecule has 4 rings (SSSR count). The lowest BCUT2D eigenvalue weighted by Gasteiger charge is -2.31. The van der Waals surface area contributed by atoms with Crippen molar-refractivity contribution in [1.82, 2.24) is 9.88 Å². The Balaban J connectivity index is 1.48. The first-order valence-corrected chi connectivity index (χ1v) is 10.6. The number of hydrogen-bond acceptors (Lipinski definition) is 3. The summed E-state index contributed by atoms with van der Waals surface area (Å²) in [6.07, 6.45) is 1.34. The Kier molecular flexibility index (Phi) is 5.79. The van der Waals surface area contributed by atoms with Crippen molar-refractivity contribution >= 4 is 28.4 Å². The number of aromatic nitrogens is 1. The summed E-state index contributed by atoms with van der Waals surface area (Å²) in [5.41, 5.74) is 3.29. The van der Waals surface area contributed by atoms with E-state index in [1.807, 2.05) is 65.6 Å². The van der Waals surface area contributed by atoms with Crippen LogP contribution in [-0.2, 0) is 4.79 Å². The number of amides is 2. The lowest BCUT2D eigenvalue weighted by molar-refractivity contribution is -0.121. The monoisotopic (exact) mass is 401 g/mol. The van der Waals surface area contributed by atoms with Crippen LogP contribution >= 0.6 is 0 Å². The molecule has 0 aliphatic carbocycles. The Hall–Kier alpha value is -3.21. The van der Waals surface area contributed by atoms with Crippen LogP contribution in [0.1, 0.15) is 48.7 Å². The highest BCUT2D eigenvalue weighted by atomic mass is 16.2. The second kappa shape index (κ2) is 8.66. The number of fused-ring (bicyclic) bond motifs is 1. The van der Waals surface area contributed by atoms with Crippen molar-refractivity contribution in [2.75, 3.05) is 18.4 Å². The summed E-state index contributed by atoms with van der Waals surface area (Å²) in [6, 6.07) is 19.2. The maximum absolute atomic E-state index is 13.4. The standard InChI is InChI=1S/C25H27N3O2/c1-17(2)23-16-21(20-10-6-7-11-22(20)27-23)25(30)28-14-12-18(13-15-28)24(29)26-19-8-4-3-5-9-19/h3-11,16-18H,12-15H2,1-2H3,(H,26,29). The molecule has 0 bridgehead atoms. The molecule has 0 atom stereocenters. The molecule has 0 spiro atoms. The van der Waals surface area contributed by atoms with E-state index >= 15 is 0 Å². The van der Waals surface area contributed by atoms with Gasteiger partial charge in [-0.25, -0.2) is 0 Å². The summed E-state index contributed by atoms with van der Waals surface area (Å²) in [5.74, 6) is 0.227. The van der Waals surface area contributed by atoms with Crippen LogP contribution in [0.3, 0.4) is 0 Å². The summed E-state index contributed by atoms with van der Waals surface area (Å²) in [6.45, 7) is 5.34. The number of pyridine rings is 1. The van der Waals surface area contributed by atoms with E-state index in [0.717, 1.165) is 22.3 Å². The normalized spacial score (nSPS) is 14.8. The molecule has 5 heteroatoms. The molecule has 154 valence electrons. The summed E-state index contributed by atoms with van der Waals surface area (Å²) >= 11 is 0. The van der Waals surface area contributed by atoms with Gasteiger partial charge < -0.3 is 10.2 Å². The number of benzene rings is 2.